The molecule has 1 rings (SSSR count). The molecule has 1 aliphatic heterocycles. The number of hydrogen-bond donors (Lipinski definition) is 0. The van der Waals surface area contributed by atoms with Gasteiger partial charge >= 0.3 is 11.9 Å². The molecule has 0 aromatic carbocycles. The Morgan fingerprint density at radius 3 is 1.62 bits per heavy atom. The first-order chi connectivity index (χ1) is 7.52. The Kier molecular flexibility index (Phi) is 3.87. The van der Waals surface area contributed by atoms with E-state index in [2.05, 4.69) is 9.47 Å². The quantitative estimate of drug-likeness (QED) is 0.608. The Labute approximate surface area is 93.5 Å². The van der Waals surface area contributed by atoms with E-state index in [0.29, 0.717) is 12.8 Å². The van der Waals surface area contributed by atoms with Crippen LogP contribution in [0.15, 0.2) is 0 Å². The molecule has 0 saturated carbocycles. The predicted octanol–water partition coefficient (Wildman–Crippen LogP) is -0.288. The maximum absolute atomic E-state index is 11.4. The maximum Gasteiger partial charge on any atom is 0.328 e. The molecule has 0 unspecified atom stereocenters. The van der Waals surface area contributed by atoms with Gasteiger partial charge in [-0.2, -0.15) is 0 Å². The largest absolute Gasteiger partial charge is 0.467 e. The van der Waals surface area contributed by atoms with Gasteiger partial charge in [-0.3, -0.25) is 4.79 Å². The highest BCUT2D eigenvalue weighted by Crippen LogP contribution is 2.26. The highest BCUT2D eigenvalue weighted by molar-refractivity contribution is 5.89. The average molecular weight is 229 g/mol. The zero-order chi connectivity index (χ0) is 12.3. The summed E-state index contributed by atoms with van der Waals surface area (Å²) in [5.41, 5.74) is 0. The average Bonchev–Trinajstić information content (AvgIpc) is 2.71. The highest BCUT2D eigenvalue weighted by atomic mass is 16.5. The molecule has 2 atom stereocenters. The SMILES string of the molecule is COC(=O)[C@@H]1CC[C@@H](C(=O)OC)N1C(C)=O. The molecule has 0 radical (unpaired) electrons. The van der Waals surface area contributed by atoms with Crippen LogP contribution in [0.3, 0.4) is 0 Å². The Hall–Kier alpha value is -1.59. The fraction of sp³-hybridized carbons (Fsp3) is 0.700. The second-order valence-corrected chi connectivity index (χ2v) is 3.58. The van der Waals surface area contributed by atoms with Crippen LogP contribution >= 0.6 is 0 Å². The van der Waals surface area contributed by atoms with Crippen LogP contribution in [0.1, 0.15) is 19.8 Å². The normalized spacial score (nSPS) is 24.1. The van der Waals surface area contributed by atoms with E-state index < -0.39 is 24.0 Å². The standard InChI is InChI=1S/C10H15NO5/c1-6(12)11-7(9(13)15-2)4-5-8(11)10(14)16-3/h7-8H,4-5H2,1-3H3/t7-,8-/m0/s1. The lowest BCUT2D eigenvalue weighted by Crippen LogP contribution is -2.47. The third kappa shape index (κ3) is 2.15. The third-order valence-electron chi connectivity index (χ3n) is 2.70. The van der Waals surface area contributed by atoms with E-state index in [1.807, 2.05) is 0 Å². The Balaban J connectivity index is 2.89. The number of rotatable bonds is 2. The zero-order valence-corrected chi connectivity index (χ0v) is 9.56. The van der Waals surface area contributed by atoms with E-state index in [4.69, 9.17) is 0 Å². The topological polar surface area (TPSA) is 72.9 Å². The van der Waals surface area contributed by atoms with Crippen molar-refractivity contribution in [2.75, 3.05) is 14.2 Å². The molecule has 1 saturated heterocycles. The smallest absolute Gasteiger partial charge is 0.328 e. The second-order valence-electron chi connectivity index (χ2n) is 3.58. The van der Waals surface area contributed by atoms with E-state index in [1.54, 1.807) is 0 Å². The molecule has 0 aromatic rings. The highest BCUT2D eigenvalue weighted by Gasteiger charge is 2.44. The van der Waals surface area contributed by atoms with Crippen molar-refractivity contribution in [3.8, 4) is 0 Å². The van der Waals surface area contributed by atoms with Crippen molar-refractivity contribution >= 4 is 17.8 Å². The van der Waals surface area contributed by atoms with E-state index in [-0.39, 0.29) is 5.91 Å². The van der Waals surface area contributed by atoms with Crippen LogP contribution in [0.2, 0.25) is 0 Å². The van der Waals surface area contributed by atoms with Crippen molar-refractivity contribution in [2.24, 2.45) is 0 Å². The molecule has 1 amide bonds. The number of carbonyl (C=O) groups excluding carboxylic acids is 3. The number of carbonyl (C=O) groups is 3. The van der Waals surface area contributed by atoms with Crippen molar-refractivity contribution in [1.82, 2.24) is 4.90 Å². The van der Waals surface area contributed by atoms with Crippen LogP contribution in [-0.2, 0) is 23.9 Å². The lowest BCUT2D eigenvalue weighted by molar-refractivity contribution is -0.157. The minimum Gasteiger partial charge on any atom is -0.467 e. The van der Waals surface area contributed by atoms with Gasteiger partial charge in [0.05, 0.1) is 14.2 Å². The van der Waals surface area contributed by atoms with Crippen molar-refractivity contribution < 1.29 is 23.9 Å². The third-order valence-corrected chi connectivity index (χ3v) is 2.70. The molecule has 1 aliphatic rings. The molecule has 1 fully saturated rings. The first kappa shape index (κ1) is 12.5. The van der Waals surface area contributed by atoms with E-state index in [9.17, 15) is 14.4 Å². The first-order valence-corrected chi connectivity index (χ1v) is 4.97. The number of amides is 1. The van der Waals surface area contributed by atoms with Crippen molar-refractivity contribution in [3.63, 3.8) is 0 Å². The molecule has 0 spiro atoms. The van der Waals surface area contributed by atoms with Gasteiger partial charge in [0.1, 0.15) is 12.1 Å². The molecule has 0 aromatic heterocycles. The summed E-state index contributed by atoms with van der Waals surface area (Å²) in [6.07, 6.45) is 0.845. The molecule has 0 N–H and O–H groups in total. The molecular formula is C10H15NO5. The summed E-state index contributed by atoms with van der Waals surface area (Å²) in [5.74, 6) is -1.33. The van der Waals surface area contributed by atoms with Gasteiger partial charge in [-0.15, -0.1) is 0 Å². The van der Waals surface area contributed by atoms with E-state index in [0.717, 1.165) is 0 Å². The van der Waals surface area contributed by atoms with Crippen LogP contribution in [0.5, 0.6) is 0 Å². The number of likely N-dealkylation sites (tertiary alicyclic amines) is 1. The number of nitrogens with zero attached hydrogens (tertiary/aromatic N) is 1. The fourth-order valence-corrected chi connectivity index (χ4v) is 1.98. The maximum atomic E-state index is 11.4. The van der Waals surface area contributed by atoms with Crippen molar-refractivity contribution in [3.05, 3.63) is 0 Å². The van der Waals surface area contributed by atoms with Gasteiger partial charge in [0, 0.05) is 6.92 Å². The molecule has 0 aliphatic carbocycles. The monoisotopic (exact) mass is 229 g/mol. The van der Waals surface area contributed by atoms with Crippen LogP contribution in [0.4, 0.5) is 0 Å². The summed E-state index contributed by atoms with van der Waals surface area (Å²) in [4.78, 5) is 35.5. The van der Waals surface area contributed by atoms with Gasteiger partial charge in [0.2, 0.25) is 5.91 Å². The van der Waals surface area contributed by atoms with E-state index >= 15 is 0 Å². The molecule has 6 nitrogen and oxygen atoms in total. The van der Waals surface area contributed by atoms with Gasteiger partial charge in [0.15, 0.2) is 0 Å². The molecule has 1 heterocycles. The van der Waals surface area contributed by atoms with Crippen LogP contribution < -0.4 is 0 Å². The minimum atomic E-state index is -0.674. The summed E-state index contributed by atoms with van der Waals surface area (Å²) in [7, 11) is 2.51. The summed E-state index contributed by atoms with van der Waals surface area (Å²) < 4.78 is 9.18. The summed E-state index contributed by atoms with van der Waals surface area (Å²) in [6, 6.07) is -1.35. The zero-order valence-electron chi connectivity index (χ0n) is 9.56. The molecular weight excluding hydrogens is 214 g/mol. The van der Waals surface area contributed by atoms with Gasteiger partial charge in [0.25, 0.3) is 0 Å². The van der Waals surface area contributed by atoms with Gasteiger partial charge in [-0.05, 0) is 12.8 Å². The number of hydrogen-bond acceptors (Lipinski definition) is 5. The minimum absolute atomic E-state index is 0.330. The van der Waals surface area contributed by atoms with Crippen LogP contribution in [-0.4, -0.2) is 49.0 Å². The number of ether oxygens (including phenoxy) is 2. The summed E-state index contributed by atoms with van der Waals surface area (Å²) in [5, 5.41) is 0. The van der Waals surface area contributed by atoms with E-state index in [1.165, 1.54) is 26.0 Å². The summed E-state index contributed by atoms with van der Waals surface area (Å²) in [6.45, 7) is 1.32. The predicted molar refractivity (Wildman–Crippen MR) is 53.4 cm³/mol. The number of methoxy groups -OCH3 is 2. The molecule has 90 valence electrons. The van der Waals surface area contributed by atoms with Crippen molar-refractivity contribution in [1.29, 1.82) is 0 Å². The van der Waals surface area contributed by atoms with Gasteiger partial charge in [-0.1, -0.05) is 0 Å². The fourth-order valence-electron chi connectivity index (χ4n) is 1.98. The molecule has 0 bridgehead atoms. The second kappa shape index (κ2) is 4.96. The molecule has 6 heteroatoms. The molecule has 16 heavy (non-hydrogen) atoms. The lowest BCUT2D eigenvalue weighted by Gasteiger charge is -2.25. The number of esters is 2. The lowest BCUT2D eigenvalue weighted by atomic mass is 10.2. The first-order valence-electron chi connectivity index (χ1n) is 4.97. The van der Waals surface area contributed by atoms with Gasteiger partial charge < -0.3 is 14.4 Å². The van der Waals surface area contributed by atoms with Gasteiger partial charge in [-0.25, -0.2) is 9.59 Å². The Bertz CT molecular complexity index is 290. The Morgan fingerprint density at radius 1 is 1.00 bits per heavy atom. The Morgan fingerprint density at radius 2 is 1.38 bits per heavy atom. The summed E-state index contributed by atoms with van der Waals surface area (Å²) >= 11 is 0. The van der Waals surface area contributed by atoms with Crippen LogP contribution in [0.25, 0.3) is 0 Å². The van der Waals surface area contributed by atoms with Crippen LogP contribution in [0, 0.1) is 0 Å². The van der Waals surface area contributed by atoms with Crippen molar-refractivity contribution in [2.45, 2.75) is 31.8 Å².